The van der Waals surface area contributed by atoms with Gasteiger partial charge in [0.15, 0.2) is 0 Å². The molecule has 92 valence electrons. The summed E-state index contributed by atoms with van der Waals surface area (Å²) in [5.41, 5.74) is 11.4. The minimum absolute atomic E-state index is 0.0411. The fraction of sp³-hybridized carbons (Fsp3) is 0.273. The molecule has 0 aliphatic carbocycles. The predicted octanol–water partition coefficient (Wildman–Crippen LogP) is 1.31. The van der Waals surface area contributed by atoms with Crippen LogP contribution in [0.2, 0.25) is 0 Å². The van der Waals surface area contributed by atoms with Gasteiger partial charge in [-0.3, -0.25) is 4.79 Å². The van der Waals surface area contributed by atoms with Crippen LogP contribution in [-0.4, -0.2) is 18.5 Å². The number of ether oxygens (including phenoxy) is 1. The van der Waals surface area contributed by atoms with E-state index in [-0.39, 0.29) is 6.61 Å². The van der Waals surface area contributed by atoms with E-state index >= 15 is 0 Å². The molecule has 0 aliphatic rings. The van der Waals surface area contributed by atoms with Crippen LogP contribution in [0.3, 0.4) is 0 Å². The molecular formula is C11H13BrN2O3. The third kappa shape index (κ3) is 4.07. The van der Waals surface area contributed by atoms with Crippen molar-refractivity contribution in [1.29, 1.82) is 0 Å². The zero-order chi connectivity index (χ0) is 13.0. The monoisotopic (exact) mass is 300 g/mol. The Morgan fingerprint density at radius 2 is 2.06 bits per heavy atom. The first-order valence-electron chi connectivity index (χ1n) is 4.92. The summed E-state index contributed by atoms with van der Waals surface area (Å²) < 4.78 is 5.63. The lowest BCUT2D eigenvalue weighted by Crippen LogP contribution is -2.25. The third-order valence-corrected chi connectivity index (χ3v) is 2.56. The van der Waals surface area contributed by atoms with Gasteiger partial charge in [0.25, 0.3) is 0 Å². The number of amides is 1. The van der Waals surface area contributed by atoms with Crippen LogP contribution in [0.25, 0.3) is 0 Å². The quantitative estimate of drug-likeness (QED) is 0.647. The number of rotatable bonds is 4. The number of primary amides is 1. The van der Waals surface area contributed by atoms with Gasteiger partial charge in [0, 0.05) is 10.2 Å². The van der Waals surface area contributed by atoms with Gasteiger partial charge < -0.3 is 16.2 Å². The minimum Gasteiger partial charge on any atom is -0.461 e. The molecule has 0 aliphatic heterocycles. The Morgan fingerprint density at radius 1 is 1.41 bits per heavy atom. The molecule has 0 radical (unpaired) electrons. The maximum Gasteiger partial charge on any atom is 0.338 e. The Labute approximate surface area is 107 Å². The zero-order valence-corrected chi connectivity index (χ0v) is 10.9. The van der Waals surface area contributed by atoms with Crippen LogP contribution >= 0.6 is 15.9 Å². The van der Waals surface area contributed by atoms with Gasteiger partial charge in [-0.25, -0.2) is 4.79 Å². The minimum atomic E-state index is -0.536. The summed E-state index contributed by atoms with van der Waals surface area (Å²) in [5.74, 6) is -1.55. The van der Waals surface area contributed by atoms with E-state index in [0.717, 1.165) is 0 Å². The number of benzene rings is 1. The van der Waals surface area contributed by atoms with Crippen molar-refractivity contribution in [3.8, 4) is 0 Å². The molecule has 1 rings (SSSR count). The molecule has 0 fully saturated rings. The summed E-state index contributed by atoms with van der Waals surface area (Å²) >= 11 is 3.22. The lowest BCUT2D eigenvalue weighted by atomic mass is 10.2. The van der Waals surface area contributed by atoms with Gasteiger partial charge in [0.2, 0.25) is 5.91 Å². The summed E-state index contributed by atoms with van der Waals surface area (Å²) in [5, 5.41) is 0. The number of anilines is 1. The van der Waals surface area contributed by atoms with Crippen molar-refractivity contribution in [2.45, 2.75) is 6.92 Å². The Morgan fingerprint density at radius 3 is 2.59 bits per heavy atom. The molecule has 1 amide bonds. The highest BCUT2D eigenvalue weighted by atomic mass is 79.9. The van der Waals surface area contributed by atoms with Gasteiger partial charge in [-0.1, -0.05) is 22.9 Å². The number of esters is 1. The molecule has 0 aromatic heterocycles. The topological polar surface area (TPSA) is 95.4 Å². The van der Waals surface area contributed by atoms with Crippen molar-refractivity contribution in [2.24, 2.45) is 11.7 Å². The van der Waals surface area contributed by atoms with E-state index in [2.05, 4.69) is 15.9 Å². The highest BCUT2D eigenvalue weighted by Crippen LogP contribution is 2.18. The smallest absolute Gasteiger partial charge is 0.338 e. The third-order valence-electron chi connectivity index (χ3n) is 2.11. The van der Waals surface area contributed by atoms with Crippen LogP contribution in [0.5, 0.6) is 0 Å². The molecule has 1 atom stereocenters. The lowest BCUT2D eigenvalue weighted by Gasteiger charge is -2.09. The Hall–Kier alpha value is -1.56. The molecule has 1 unspecified atom stereocenters. The molecule has 0 saturated carbocycles. The fourth-order valence-corrected chi connectivity index (χ4v) is 1.61. The van der Waals surface area contributed by atoms with Crippen molar-refractivity contribution in [3.05, 3.63) is 28.2 Å². The van der Waals surface area contributed by atoms with Gasteiger partial charge in [-0.15, -0.1) is 0 Å². The molecule has 1 aromatic carbocycles. The molecular weight excluding hydrogens is 288 g/mol. The fourth-order valence-electron chi connectivity index (χ4n) is 1.10. The summed E-state index contributed by atoms with van der Waals surface area (Å²) in [6.07, 6.45) is 0. The molecule has 0 spiro atoms. The van der Waals surface area contributed by atoms with Gasteiger partial charge in [0.1, 0.15) is 6.61 Å². The number of hydrogen-bond acceptors (Lipinski definition) is 4. The Kier molecular flexibility index (Phi) is 4.51. The average Bonchev–Trinajstić information content (AvgIpc) is 2.23. The van der Waals surface area contributed by atoms with Crippen LogP contribution < -0.4 is 11.5 Å². The molecule has 17 heavy (non-hydrogen) atoms. The summed E-state index contributed by atoms with van der Waals surface area (Å²) in [7, 11) is 0. The maximum absolute atomic E-state index is 11.6. The van der Waals surface area contributed by atoms with E-state index in [9.17, 15) is 9.59 Å². The molecule has 1 aromatic rings. The van der Waals surface area contributed by atoms with E-state index in [0.29, 0.717) is 15.7 Å². The Balaban J connectivity index is 2.67. The number of halogens is 1. The number of nitrogens with two attached hydrogens (primary N) is 2. The highest BCUT2D eigenvalue weighted by molar-refractivity contribution is 9.10. The van der Waals surface area contributed by atoms with E-state index in [1.54, 1.807) is 19.1 Å². The lowest BCUT2D eigenvalue weighted by molar-refractivity contribution is -0.122. The van der Waals surface area contributed by atoms with Crippen LogP contribution in [0.4, 0.5) is 5.69 Å². The van der Waals surface area contributed by atoms with Crippen molar-refractivity contribution >= 4 is 33.5 Å². The Bertz CT molecular complexity index is 428. The zero-order valence-electron chi connectivity index (χ0n) is 9.27. The number of carbonyl (C=O) groups is 2. The van der Waals surface area contributed by atoms with Gasteiger partial charge in [-0.05, 0) is 18.2 Å². The van der Waals surface area contributed by atoms with Crippen LogP contribution in [0.15, 0.2) is 22.7 Å². The van der Waals surface area contributed by atoms with Crippen molar-refractivity contribution < 1.29 is 14.3 Å². The summed E-state index contributed by atoms with van der Waals surface area (Å²) in [6.45, 7) is 1.55. The van der Waals surface area contributed by atoms with E-state index in [1.807, 2.05) is 0 Å². The second-order valence-electron chi connectivity index (χ2n) is 3.68. The van der Waals surface area contributed by atoms with E-state index in [1.165, 1.54) is 6.07 Å². The summed E-state index contributed by atoms with van der Waals surface area (Å²) in [4.78, 5) is 22.4. The molecule has 0 saturated heterocycles. The van der Waals surface area contributed by atoms with E-state index in [4.69, 9.17) is 16.2 Å². The van der Waals surface area contributed by atoms with Gasteiger partial charge >= 0.3 is 5.97 Å². The van der Waals surface area contributed by atoms with Crippen molar-refractivity contribution in [1.82, 2.24) is 0 Å². The van der Waals surface area contributed by atoms with Crippen LogP contribution in [-0.2, 0) is 9.53 Å². The second kappa shape index (κ2) is 5.67. The average molecular weight is 301 g/mol. The van der Waals surface area contributed by atoms with Crippen LogP contribution in [0.1, 0.15) is 17.3 Å². The molecule has 4 N–H and O–H groups in total. The standard InChI is InChI=1S/C11H13BrN2O3/c1-6(10(14)15)5-17-11(16)7-2-8(12)4-9(13)3-7/h2-4,6H,5,13H2,1H3,(H2,14,15). The van der Waals surface area contributed by atoms with Crippen molar-refractivity contribution in [2.75, 3.05) is 12.3 Å². The first-order valence-corrected chi connectivity index (χ1v) is 5.72. The second-order valence-corrected chi connectivity index (χ2v) is 4.59. The highest BCUT2D eigenvalue weighted by Gasteiger charge is 2.14. The summed E-state index contributed by atoms with van der Waals surface area (Å²) in [6, 6.07) is 4.76. The molecule has 0 heterocycles. The van der Waals surface area contributed by atoms with E-state index < -0.39 is 17.8 Å². The van der Waals surface area contributed by atoms with Gasteiger partial charge in [0.05, 0.1) is 11.5 Å². The number of carbonyl (C=O) groups excluding carboxylic acids is 2. The SMILES string of the molecule is CC(COC(=O)c1cc(N)cc(Br)c1)C(N)=O. The number of nitrogen functional groups attached to an aromatic ring is 1. The first kappa shape index (κ1) is 13.5. The largest absolute Gasteiger partial charge is 0.461 e. The number of hydrogen-bond donors (Lipinski definition) is 2. The molecule has 5 nitrogen and oxygen atoms in total. The predicted molar refractivity (Wildman–Crippen MR) is 67.2 cm³/mol. The van der Waals surface area contributed by atoms with Crippen molar-refractivity contribution in [3.63, 3.8) is 0 Å². The molecule has 0 bridgehead atoms. The van der Waals surface area contributed by atoms with Gasteiger partial charge in [-0.2, -0.15) is 0 Å². The molecule has 6 heteroatoms. The maximum atomic E-state index is 11.6. The first-order chi connectivity index (χ1) is 7.90. The normalized spacial score (nSPS) is 11.9. The van der Waals surface area contributed by atoms with Crippen LogP contribution in [0, 0.1) is 5.92 Å².